The van der Waals surface area contributed by atoms with Gasteiger partial charge in [0.25, 0.3) is 0 Å². The van der Waals surface area contributed by atoms with Crippen molar-refractivity contribution in [2.45, 2.75) is 26.3 Å². The lowest BCUT2D eigenvalue weighted by molar-refractivity contribution is -0.121. The van der Waals surface area contributed by atoms with Gasteiger partial charge in [0.15, 0.2) is 0 Å². The second-order valence-corrected chi connectivity index (χ2v) is 7.03. The molecule has 0 aliphatic carbocycles. The highest BCUT2D eigenvalue weighted by Gasteiger charge is 2.14. The Morgan fingerprint density at radius 3 is 2.73 bits per heavy atom. The largest absolute Gasteiger partial charge is 0.349 e. The van der Waals surface area contributed by atoms with E-state index < -0.39 is 5.82 Å². The van der Waals surface area contributed by atoms with Gasteiger partial charge in [-0.05, 0) is 60.9 Å². The lowest BCUT2D eigenvalue weighted by Crippen LogP contribution is -2.28. The van der Waals surface area contributed by atoms with Crippen molar-refractivity contribution >= 4 is 17.5 Å². The van der Waals surface area contributed by atoms with Crippen LogP contribution in [0.3, 0.4) is 0 Å². The molecule has 1 heterocycles. The number of hydrogen-bond acceptors (Lipinski definition) is 3. The van der Waals surface area contributed by atoms with Gasteiger partial charge >= 0.3 is 0 Å². The second kappa shape index (κ2) is 9.17. The monoisotopic (exact) mass is 406 g/mol. The van der Waals surface area contributed by atoms with Crippen LogP contribution in [0.4, 0.5) is 10.1 Å². The van der Waals surface area contributed by atoms with E-state index in [1.807, 2.05) is 6.92 Å². The van der Waals surface area contributed by atoms with E-state index in [1.165, 1.54) is 16.8 Å². The summed E-state index contributed by atoms with van der Waals surface area (Å²) in [6.07, 6.45) is 4.72. The number of rotatable bonds is 7. The van der Waals surface area contributed by atoms with E-state index in [2.05, 4.69) is 22.3 Å². The summed E-state index contributed by atoms with van der Waals surface area (Å²) in [5.41, 5.74) is 3.28. The molecule has 2 amide bonds. The second-order valence-electron chi connectivity index (χ2n) is 7.03. The molecule has 6 nitrogen and oxygen atoms in total. The molecule has 0 bridgehead atoms. The Bertz CT molecular complexity index is 1090. The molecule has 3 rings (SSSR count). The first-order valence-electron chi connectivity index (χ1n) is 9.48. The minimum atomic E-state index is -0.414. The number of halogens is 1. The minimum absolute atomic E-state index is 0.134. The predicted octanol–water partition coefficient (Wildman–Crippen LogP) is 3.86. The summed E-state index contributed by atoms with van der Waals surface area (Å²) in [7, 11) is 0. The molecule has 2 aromatic carbocycles. The number of nitrogens with zero attached hydrogens (tertiary/aromatic N) is 2. The smallest absolute Gasteiger partial charge is 0.247 e. The molecule has 1 atom stereocenters. The molecule has 1 unspecified atom stereocenters. The Kier molecular flexibility index (Phi) is 6.41. The third-order valence-electron chi connectivity index (χ3n) is 4.55. The zero-order chi connectivity index (χ0) is 21.7. The van der Waals surface area contributed by atoms with Crippen molar-refractivity contribution < 1.29 is 14.0 Å². The number of aromatic nitrogens is 2. The van der Waals surface area contributed by atoms with Gasteiger partial charge in [0.2, 0.25) is 11.8 Å². The van der Waals surface area contributed by atoms with Crippen molar-refractivity contribution in [2.24, 2.45) is 0 Å². The molecular weight excluding hydrogens is 383 g/mol. The van der Waals surface area contributed by atoms with Crippen molar-refractivity contribution in [3.63, 3.8) is 0 Å². The molecule has 0 spiro atoms. The topological polar surface area (TPSA) is 76.0 Å². The average molecular weight is 406 g/mol. The fraction of sp³-hybridized carbons (Fsp3) is 0.174. The molecule has 2 N–H and O–H groups in total. The van der Waals surface area contributed by atoms with Gasteiger partial charge < -0.3 is 10.6 Å². The first-order valence-corrected chi connectivity index (χ1v) is 9.48. The van der Waals surface area contributed by atoms with Gasteiger partial charge in [-0.15, -0.1) is 0 Å². The van der Waals surface area contributed by atoms with Crippen LogP contribution in [0.1, 0.15) is 29.7 Å². The zero-order valence-corrected chi connectivity index (χ0v) is 16.9. The highest BCUT2D eigenvalue weighted by Crippen LogP contribution is 2.20. The van der Waals surface area contributed by atoms with E-state index in [0.29, 0.717) is 16.9 Å². The Labute approximate surface area is 174 Å². The Hall–Kier alpha value is -3.74. The maximum atomic E-state index is 14.6. The summed E-state index contributed by atoms with van der Waals surface area (Å²) >= 11 is 0. The number of aryl methyl sites for hydroxylation is 1. The number of hydrogen-bond donors (Lipinski definition) is 2. The molecule has 0 aliphatic rings. The van der Waals surface area contributed by atoms with Crippen LogP contribution in [0.25, 0.3) is 5.69 Å². The maximum Gasteiger partial charge on any atom is 0.247 e. The predicted molar refractivity (Wildman–Crippen MR) is 114 cm³/mol. The molecular formula is C23H23FN4O2. The SMILES string of the molecule is C=CC(=O)Nc1cccc(CC(=O)NC(C)c2ccc(-n3cc(C)cn3)c(F)c2)c1. The minimum Gasteiger partial charge on any atom is -0.349 e. The number of carbonyl (C=O) groups is 2. The van der Waals surface area contributed by atoms with Gasteiger partial charge in [-0.3, -0.25) is 9.59 Å². The van der Waals surface area contributed by atoms with Crippen LogP contribution in [0, 0.1) is 12.7 Å². The first-order chi connectivity index (χ1) is 14.4. The molecule has 30 heavy (non-hydrogen) atoms. The number of anilines is 1. The summed E-state index contributed by atoms with van der Waals surface area (Å²) in [5, 5.41) is 9.66. The Morgan fingerprint density at radius 1 is 1.27 bits per heavy atom. The lowest BCUT2D eigenvalue weighted by Gasteiger charge is -2.16. The summed E-state index contributed by atoms with van der Waals surface area (Å²) < 4.78 is 16.0. The van der Waals surface area contributed by atoms with Crippen molar-refractivity contribution in [1.82, 2.24) is 15.1 Å². The molecule has 0 aliphatic heterocycles. The lowest BCUT2D eigenvalue weighted by atomic mass is 10.1. The molecule has 0 fully saturated rings. The third-order valence-corrected chi connectivity index (χ3v) is 4.55. The normalized spacial score (nSPS) is 11.6. The number of amides is 2. The van der Waals surface area contributed by atoms with E-state index in [-0.39, 0.29) is 24.3 Å². The van der Waals surface area contributed by atoms with Gasteiger partial charge in [0, 0.05) is 11.9 Å². The van der Waals surface area contributed by atoms with Crippen LogP contribution in [-0.2, 0) is 16.0 Å². The van der Waals surface area contributed by atoms with Crippen LogP contribution < -0.4 is 10.6 Å². The standard InChI is InChI=1S/C23H23FN4O2/c1-4-22(29)27-19-7-5-6-17(10-19)11-23(30)26-16(3)18-8-9-21(20(24)12-18)28-14-15(2)13-25-28/h4-10,12-14,16H,1,11H2,2-3H3,(H,26,30)(H,27,29). The third kappa shape index (κ3) is 5.20. The van der Waals surface area contributed by atoms with Crippen molar-refractivity contribution in [3.8, 4) is 5.69 Å². The summed E-state index contributed by atoms with van der Waals surface area (Å²) in [6, 6.07) is 11.5. The summed E-state index contributed by atoms with van der Waals surface area (Å²) in [6.45, 7) is 7.09. The van der Waals surface area contributed by atoms with Gasteiger partial charge in [-0.25, -0.2) is 9.07 Å². The van der Waals surface area contributed by atoms with E-state index >= 15 is 0 Å². The summed E-state index contributed by atoms with van der Waals surface area (Å²) in [5.74, 6) is -0.940. The van der Waals surface area contributed by atoms with Crippen LogP contribution >= 0.6 is 0 Å². The molecule has 0 radical (unpaired) electrons. The van der Waals surface area contributed by atoms with E-state index in [9.17, 15) is 14.0 Å². The fourth-order valence-corrected chi connectivity index (χ4v) is 3.04. The highest BCUT2D eigenvalue weighted by atomic mass is 19.1. The molecule has 0 saturated carbocycles. The fourth-order valence-electron chi connectivity index (χ4n) is 3.04. The number of benzene rings is 2. The maximum absolute atomic E-state index is 14.6. The van der Waals surface area contributed by atoms with Crippen LogP contribution in [0.2, 0.25) is 0 Å². The van der Waals surface area contributed by atoms with Crippen molar-refractivity contribution in [2.75, 3.05) is 5.32 Å². The molecule has 0 saturated heterocycles. The Morgan fingerprint density at radius 2 is 2.07 bits per heavy atom. The van der Waals surface area contributed by atoms with E-state index in [4.69, 9.17) is 0 Å². The number of carbonyl (C=O) groups excluding carboxylic acids is 2. The van der Waals surface area contributed by atoms with Crippen LogP contribution in [0.5, 0.6) is 0 Å². The molecule has 7 heteroatoms. The van der Waals surface area contributed by atoms with Crippen molar-refractivity contribution in [1.29, 1.82) is 0 Å². The Balaban J connectivity index is 1.64. The van der Waals surface area contributed by atoms with Gasteiger partial charge in [0.1, 0.15) is 11.5 Å². The van der Waals surface area contributed by atoms with Gasteiger partial charge in [0.05, 0.1) is 18.7 Å². The quantitative estimate of drug-likeness (QED) is 0.585. The molecule has 154 valence electrons. The van der Waals surface area contributed by atoms with Gasteiger partial charge in [-0.1, -0.05) is 24.8 Å². The average Bonchev–Trinajstić information content (AvgIpc) is 3.13. The zero-order valence-electron chi connectivity index (χ0n) is 16.9. The summed E-state index contributed by atoms with van der Waals surface area (Å²) in [4.78, 5) is 23.9. The van der Waals surface area contributed by atoms with Crippen LogP contribution in [0.15, 0.2) is 67.5 Å². The molecule has 3 aromatic rings. The van der Waals surface area contributed by atoms with Gasteiger partial charge in [-0.2, -0.15) is 5.10 Å². The molecule has 1 aromatic heterocycles. The van der Waals surface area contributed by atoms with Crippen molar-refractivity contribution in [3.05, 3.63) is 90.0 Å². The van der Waals surface area contributed by atoms with E-state index in [0.717, 1.165) is 11.1 Å². The van der Waals surface area contributed by atoms with Crippen LogP contribution in [-0.4, -0.2) is 21.6 Å². The number of nitrogens with one attached hydrogen (secondary N) is 2. The highest BCUT2D eigenvalue weighted by molar-refractivity contribution is 5.98. The first kappa shape index (κ1) is 21.0. The van der Waals surface area contributed by atoms with E-state index in [1.54, 1.807) is 55.7 Å².